The van der Waals surface area contributed by atoms with Crippen LogP contribution in [0.15, 0.2) is 54.1 Å². The van der Waals surface area contributed by atoms with Crippen LogP contribution >= 0.6 is 22.6 Å². The maximum absolute atomic E-state index is 13.9. The normalized spacial score (nSPS) is 21.0. The first-order valence-corrected chi connectivity index (χ1v) is 14.7. The Labute approximate surface area is 248 Å². The summed E-state index contributed by atoms with van der Waals surface area (Å²) in [4.78, 5) is 28.7. The van der Waals surface area contributed by atoms with Crippen LogP contribution in [0.1, 0.15) is 43.2 Å². The molecule has 9 nitrogen and oxygen atoms in total. The lowest BCUT2D eigenvalue weighted by atomic mass is 9.87. The molecule has 0 heterocycles. The summed E-state index contributed by atoms with van der Waals surface area (Å²) in [5, 5.41) is 33.3. The topological polar surface area (TPSA) is 129 Å². The predicted octanol–water partition coefficient (Wildman–Crippen LogP) is 2.93. The van der Waals surface area contributed by atoms with Gasteiger partial charge in [-0.05, 0) is 64.8 Å². The number of hydrogen-bond acceptors (Lipinski definition) is 7. The van der Waals surface area contributed by atoms with Gasteiger partial charge < -0.3 is 35.0 Å². The number of nitrogens with zero attached hydrogens (tertiary/aromatic N) is 1. The van der Waals surface area contributed by atoms with Crippen LogP contribution < -0.4 is 14.8 Å². The van der Waals surface area contributed by atoms with E-state index < -0.39 is 18.2 Å². The predicted molar refractivity (Wildman–Crippen MR) is 158 cm³/mol. The van der Waals surface area contributed by atoms with Gasteiger partial charge in [0.2, 0.25) is 11.8 Å². The fraction of sp³-hybridized carbons (Fsp3) is 0.467. The quantitative estimate of drug-likeness (QED) is 0.272. The largest absolute Gasteiger partial charge is 0.493 e. The summed E-state index contributed by atoms with van der Waals surface area (Å²) in [6.07, 6.45) is 3.22. The molecule has 0 radical (unpaired) electrons. The monoisotopic (exact) mass is 664 g/mol. The van der Waals surface area contributed by atoms with Gasteiger partial charge in [0.05, 0.1) is 29.9 Å². The number of aliphatic hydroxyl groups is 3. The second kappa shape index (κ2) is 14.3. The zero-order chi connectivity index (χ0) is 28.6. The fourth-order valence-electron chi connectivity index (χ4n) is 5.44. The third-order valence-electron chi connectivity index (χ3n) is 7.52. The molecule has 1 saturated carbocycles. The summed E-state index contributed by atoms with van der Waals surface area (Å²) in [6.45, 7) is -0.00825. The van der Waals surface area contributed by atoms with Crippen LogP contribution in [-0.4, -0.2) is 70.5 Å². The maximum atomic E-state index is 13.9. The summed E-state index contributed by atoms with van der Waals surface area (Å²) in [6, 6.07) is 12.3. The number of halogens is 1. The second-order valence-corrected chi connectivity index (χ2v) is 11.4. The molecule has 4 rings (SSSR count). The van der Waals surface area contributed by atoms with Crippen molar-refractivity contribution >= 4 is 34.4 Å². The molecule has 2 aliphatic carbocycles. The van der Waals surface area contributed by atoms with E-state index in [1.807, 2.05) is 30.3 Å². The molecular formula is C30H37IN2O7. The number of amides is 2. The lowest BCUT2D eigenvalue weighted by Crippen LogP contribution is -2.55. The van der Waals surface area contributed by atoms with Crippen molar-refractivity contribution in [3.63, 3.8) is 0 Å². The Morgan fingerprint density at radius 3 is 2.48 bits per heavy atom. The van der Waals surface area contributed by atoms with Crippen molar-refractivity contribution in [2.75, 3.05) is 20.3 Å². The summed E-state index contributed by atoms with van der Waals surface area (Å²) in [5.41, 5.74) is 1.94. The number of carbonyl (C=O) groups excluding carboxylic acids is 2. The van der Waals surface area contributed by atoms with Gasteiger partial charge >= 0.3 is 0 Å². The number of benzene rings is 2. The van der Waals surface area contributed by atoms with Crippen molar-refractivity contribution in [1.82, 2.24) is 10.2 Å². The number of rotatable bonds is 11. The number of nitrogens with one attached hydrogen (secondary N) is 1. The van der Waals surface area contributed by atoms with Crippen LogP contribution in [0.4, 0.5) is 0 Å². The smallest absolute Gasteiger partial charge is 0.247 e. The number of carbonyl (C=O) groups is 2. The summed E-state index contributed by atoms with van der Waals surface area (Å²) >= 11 is 2.08. The van der Waals surface area contributed by atoms with E-state index in [0.29, 0.717) is 32.8 Å². The molecule has 0 bridgehead atoms. The third-order valence-corrected chi connectivity index (χ3v) is 8.32. The number of aliphatic hydroxyl groups excluding tert-OH is 3. The van der Waals surface area contributed by atoms with Crippen molar-refractivity contribution in [3.8, 4) is 11.5 Å². The van der Waals surface area contributed by atoms with Gasteiger partial charge in [0.15, 0.2) is 11.5 Å². The SMILES string of the molecule is COc1cc(CO)cc(I)c1OC1C=C(C(=O)NCCO)CC(N(Cc2ccccc2)C(=O)C2CCCC2)C1O. The molecule has 216 valence electrons. The molecule has 2 aliphatic rings. The fourth-order valence-corrected chi connectivity index (χ4v) is 6.23. The van der Waals surface area contributed by atoms with Crippen molar-refractivity contribution < 1.29 is 34.4 Å². The Hall–Kier alpha value is -2.67. The van der Waals surface area contributed by atoms with Gasteiger partial charge in [-0.3, -0.25) is 9.59 Å². The van der Waals surface area contributed by atoms with E-state index in [2.05, 4.69) is 27.9 Å². The molecule has 0 spiro atoms. The minimum absolute atomic E-state index is 0.0272. The van der Waals surface area contributed by atoms with Crippen LogP contribution in [0.2, 0.25) is 0 Å². The maximum Gasteiger partial charge on any atom is 0.247 e. The lowest BCUT2D eigenvalue weighted by molar-refractivity contribution is -0.143. The first-order valence-electron chi connectivity index (χ1n) is 13.6. The highest BCUT2D eigenvalue weighted by atomic mass is 127. The summed E-state index contributed by atoms with van der Waals surface area (Å²) < 4.78 is 12.5. The highest BCUT2D eigenvalue weighted by Crippen LogP contribution is 2.38. The Balaban J connectivity index is 1.72. The Morgan fingerprint density at radius 1 is 1.10 bits per heavy atom. The third kappa shape index (κ3) is 7.15. The standard InChI is InChI=1S/C30H37IN2O7/c1-39-26-14-20(18-35)13-23(31)28(26)40-25-16-22(29(37)32-11-12-34)15-24(27(25)36)33(17-19-7-3-2-4-8-19)30(38)21-9-5-6-10-21/h2-4,7-8,13-14,16,21,24-25,27,34-36H,5-6,9-12,15,17-18H2,1H3,(H,32,37). The summed E-state index contributed by atoms with van der Waals surface area (Å²) in [7, 11) is 1.49. The van der Waals surface area contributed by atoms with Gasteiger partial charge in [0.1, 0.15) is 12.2 Å². The molecule has 3 atom stereocenters. The molecule has 40 heavy (non-hydrogen) atoms. The zero-order valence-electron chi connectivity index (χ0n) is 22.6. The van der Waals surface area contributed by atoms with E-state index in [-0.39, 0.29) is 43.9 Å². The van der Waals surface area contributed by atoms with Crippen molar-refractivity contribution in [2.45, 2.75) is 63.5 Å². The first kappa shape index (κ1) is 30.3. The van der Waals surface area contributed by atoms with E-state index in [9.17, 15) is 24.9 Å². The van der Waals surface area contributed by atoms with E-state index in [0.717, 1.165) is 31.2 Å². The molecule has 0 aliphatic heterocycles. The molecule has 2 aromatic carbocycles. The summed E-state index contributed by atoms with van der Waals surface area (Å²) in [5.74, 6) is 0.214. The van der Waals surface area contributed by atoms with Crippen LogP contribution in [0.25, 0.3) is 0 Å². The van der Waals surface area contributed by atoms with Gasteiger partial charge in [-0.2, -0.15) is 0 Å². The number of methoxy groups -OCH3 is 1. The molecule has 3 unspecified atom stereocenters. The van der Waals surface area contributed by atoms with Crippen LogP contribution in [0.5, 0.6) is 11.5 Å². The minimum atomic E-state index is -1.14. The molecule has 1 fully saturated rings. The van der Waals surface area contributed by atoms with E-state index in [1.54, 1.807) is 23.1 Å². The average molecular weight is 665 g/mol. The average Bonchev–Trinajstić information content (AvgIpc) is 3.52. The van der Waals surface area contributed by atoms with E-state index >= 15 is 0 Å². The molecule has 2 amide bonds. The zero-order valence-corrected chi connectivity index (χ0v) is 24.7. The lowest BCUT2D eigenvalue weighted by Gasteiger charge is -2.41. The van der Waals surface area contributed by atoms with E-state index in [1.165, 1.54) is 7.11 Å². The Kier molecular flexibility index (Phi) is 10.8. The van der Waals surface area contributed by atoms with Crippen molar-refractivity contribution in [2.24, 2.45) is 5.92 Å². The Bertz CT molecular complexity index is 1200. The molecule has 4 N–H and O–H groups in total. The van der Waals surface area contributed by atoms with Crippen LogP contribution in [0, 0.1) is 9.49 Å². The van der Waals surface area contributed by atoms with Gasteiger partial charge in [0, 0.05) is 31.0 Å². The number of hydrogen-bond donors (Lipinski definition) is 4. The van der Waals surface area contributed by atoms with Crippen molar-refractivity contribution in [1.29, 1.82) is 0 Å². The molecular weight excluding hydrogens is 627 g/mol. The Morgan fingerprint density at radius 2 is 1.82 bits per heavy atom. The van der Waals surface area contributed by atoms with Crippen LogP contribution in [-0.2, 0) is 22.7 Å². The highest BCUT2D eigenvalue weighted by Gasteiger charge is 2.42. The van der Waals surface area contributed by atoms with Crippen molar-refractivity contribution in [3.05, 3.63) is 68.8 Å². The van der Waals surface area contributed by atoms with E-state index in [4.69, 9.17) is 9.47 Å². The van der Waals surface area contributed by atoms with Gasteiger partial charge in [-0.25, -0.2) is 0 Å². The van der Waals surface area contributed by atoms with Gasteiger partial charge in [-0.1, -0.05) is 43.2 Å². The van der Waals surface area contributed by atoms with Gasteiger partial charge in [-0.15, -0.1) is 0 Å². The molecule has 0 saturated heterocycles. The first-order chi connectivity index (χ1) is 19.4. The molecule has 2 aromatic rings. The number of ether oxygens (including phenoxy) is 2. The highest BCUT2D eigenvalue weighted by molar-refractivity contribution is 14.1. The van der Waals surface area contributed by atoms with Crippen LogP contribution in [0.3, 0.4) is 0 Å². The van der Waals surface area contributed by atoms with Gasteiger partial charge in [0.25, 0.3) is 0 Å². The molecule has 0 aromatic heterocycles. The second-order valence-electron chi connectivity index (χ2n) is 10.2. The molecule has 10 heteroatoms. The minimum Gasteiger partial charge on any atom is -0.493 e.